The molecule has 21 heavy (non-hydrogen) atoms. The zero-order chi connectivity index (χ0) is 14.8. The van der Waals surface area contributed by atoms with Crippen molar-refractivity contribution in [2.75, 3.05) is 25.0 Å². The van der Waals surface area contributed by atoms with Crippen LogP contribution < -0.4 is 11.1 Å². The molecule has 4 nitrogen and oxygen atoms in total. The van der Waals surface area contributed by atoms with E-state index in [-0.39, 0.29) is 17.8 Å². The highest BCUT2D eigenvalue weighted by atomic mass is 19.1. The second-order valence-electron chi connectivity index (χ2n) is 6.27. The largest absolute Gasteiger partial charge is 0.327 e. The first kappa shape index (κ1) is 14.5. The van der Waals surface area contributed by atoms with Crippen molar-refractivity contribution in [3.05, 3.63) is 30.1 Å². The van der Waals surface area contributed by atoms with Crippen molar-refractivity contribution < 1.29 is 9.18 Å². The van der Waals surface area contributed by atoms with E-state index in [1.165, 1.54) is 25.0 Å². The van der Waals surface area contributed by atoms with Gasteiger partial charge in [0.25, 0.3) is 0 Å². The summed E-state index contributed by atoms with van der Waals surface area (Å²) in [4.78, 5) is 14.3. The summed E-state index contributed by atoms with van der Waals surface area (Å²) in [6.07, 6.45) is 3.54. The van der Waals surface area contributed by atoms with E-state index in [1.807, 2.05) is 0 Å². The van der Waals surface area contributed by atoms with E-state index in [1.54, 1.807) is 12.1 Å². The Morgan fingerprint density at radius 2 is 2.05 bits per heavy atom. The monoisotopic (exact) mass is 291 g/mol. The van der Waals surface area contributed by atoms with E-state index >= 15 is 0 Å². The minimum absolute atomic E-state index is 0.0474. The van der Waals surface area contributed by atoms with Crippen molar-refractivity contribution in [1.82, 2.24) is 4.90 Å². The molecule has 1 saturated carbocycles. The Balaban J connectivity index is 1.52. The number of amides is 1. The maximum atomic E-state index is 12.8. The lowest BCUT2D eigenvalue weighted by Gasteiger charge is -2.29. The van der Waals surface area contributed by atoms with Crippen molar-refractivity contribution >= 4 is 11.6 Å². The number of nitrogens with one attached hydrogen (secondary N) is 1. The zero-order valence-corrected chi connectivity index (χ0v) is 12.1. The van der Waals surface area contributed by atoms with Gasteiger partial charge in [-0.1, -0.05) is 6.42 Å². The van der Waals surface area contributed by atoms with Crippen LogP contribution in [-0.2, 0) is 4.79 Å². The van der Waals surface area contributed by atoms with E-state index in [4.69, 9.17) is 5.73 Å². The lowest BCUT2D eigenvalue weighted by atomic mass is 9.78. The van der Waals surface area contributed by atoms with Crippen LogP contribution in [0.25, 0.3) is 0 Å². The Morgan fingerprint density at radius 1 is 1.29 bits per heavy atom. The fourth-order valence-electron chi connectivity index (χ4n) is 3.67. The van der Waals surface area contributed by atoms with Crippen molar-refractivity contribution in [3.8, 4) is 0 Å². The number of carbonyl (C=O) groups excluding carboxylic acids is 1. The SMILES string of the molecule is NC1CCCC2CN(CC(=O)Nc3ccc(F)cc3)CC12. The van der Waals surface area contributed by atoms with Gasteiger partial charge < -0.3 is 11.1 Å². The van der Waals surface area contributed by atoms with E-state index in [0.29, 0.717) is 24.1 Å². The predicted octanol–water partition coefficient (Wildman–Crippen LogP) is 1.82. The molecule has 1 aliphatic carbocycles. The van der Waals surface area contributed by atoms with E-state index in [9.17, 15) is 9.18 Å². The van der Waals surface area contributed by atoms with Gasteiger partial charge in [0.15, 0.2) is 0 Å². The fourth-order valence-corrected chi connectivity index (χ4v) is 3.67. The molecule has 0 radical (unpaired) electrons. The van der Waals surface area contributed by atoms with Crippen molar-refractivity contribution in [3.63, 3.8) is 0 Å². The number of nitrogens with two attached hydrogens (primary N) is 1. The van der Waals surface area contributed by atoms with Crippen LogP contribution in [-0.4, -0.2) is 36.5 Å². The first-order valence-corrected chi connectivity index (χ1v) is 7.65. The number of benzene rings is 1. The first-order chi connectivity index (χ1) is 10.1. The molecule has 3 N–H and O–H groups in total. The molecule has 1 aromatic rings. The van der Waals surface area contributed by atoms with Crippen LogP contribution in [0.2, 0.25) is 0 Å². The first-order valence-electron chi connectivity index (χ1n) is 7.65. The number of rotatable bonds is 3. The highest BCUT2D eigenvalue weighted by Gasteiger charge is 2.38. The van der Waals surface area contributed by atoms with Crippen LogP contribution in [0.15, 0.2) is 24.3 Å². The zero-order valence-electron chi connectivity index (χ0n) is 12.1. The van der Waals surface area contributed by atoms with Gasteiger partial charge in [-0.15, -0.1) is 0 Å². The number of carbonyl (C=O) groups is 1. The highest BCUT2D eigenvalue weighted by Crippen LogP contribution is 2.35. The second kappa shape index (κ2) is 6.12. The number of hydrogen-bond donors (Lipinski definition) is 2. The quantitative estimate of drug-likeness (QED) is 0.893. The molecule has 5 heteroatoms. The molecule has 3 unspecified atom stereocenters. The normalized spacial score (nSPS) is 29.1. The van der Waals surface area contributed by atoms with Gasteiger partial charge in [0.05, 0.1) is 6.54 Å². The molecule has 2 aliphatic rings. The van der Waals surface area contributed by atoms with Crippen LogP contribution in [0, 0.1) is 17.7 Å². The Morgan fingerprint density at radius 3 is 2.76 bits per heavy atom. The minimum atomic E-state index is -0.300. The van der Waals surface area contributed by atoms with Crippen LogP contribution in [0.4, 0.5) is 10.1 Å². The summed E-state index contributed by atoms with van der Waals surface area (Å²) in [6, 6.07) is 6.13. The predicted molar refractivity (Wildman–Crippen MR) is 80.3 cm³/mol. The summed E-state index contributed by atoms with van der Waals surface area (Å²) in [6.45, 7) is 2.27. The lowest BCUT2D eigenvalue weighted by Crippen LogP contribution is -2.38. The lowest BCUT2D eigenvalue weighted by molar-refractivity contribution is -0.117. The van der Waals surface area contributed by atoms with Gasteiger partial charge >= 0.3 is 0 Å². The smallest absolute Gasteiger partial charge is 0.238 e. The van der Waals surface area contributed by atoms with Crippen LogP contribution in [0.5, 0.6) is 0 Å². The van der Waals surface area contributed by atoms with Crippen molar-refractivity contribution in [2.24, 2.45) is 17.6 Å². The van der Waals surface area contributed by atoms with E-state index < -0.39 is 0 Å². The highest BCUT2D eigenvalue weighted by molar-refractivity contribution is 5.92. The van der Waals surface area contributed by atoms with Gasteiger partial charge in [0, 0.05) is 24.8 Å². The van der Waals surface area contributed by atoms with E-state index in [0.717, 1.165) is 19.5 Å². The average molecular weight is 291 g/mol. The summed E-state index contributed by atoms with van der Waals surface area (Å²) in [5.74, 6) is 0.837. The van der Waals surface area contributed by atoms with Crippen molar-refractivity contribution in [1.29, 1.82) is 0 Å². The summed E-state index contributed by atoms with van der Waals surface area (Å²) >= 11 is 0. The molecule has 3 atom stereocenters. The van der Waals surface area contributed by atoms with Crippen LogP contribution >= 0.6 is 0 Å². The molecule has 2 fully saturated rings. The third kappa shape index (κ3) is 3.41. The summed E-state index contributed by atoms with van der Waals surface area (Å²) in [7, 11) is 0. The molecule has 1 saturated heterocycles. The van der Waals surface area contributed by atoms with Gasteiger partial charge in [0.1, 0.15) is 5.82 Å². The molecular formula is C16H22FN3O. The second-order valence-corrected chi connectivity index (χ2v) is 6.27. The fraction of sp³-hybridized carbons (Fsp3) is 0.562. The van der Waals surface area contributed by atoms with Gasteiger partial charge in [-0.2, -0.15) is 0 Å². The molecule has 1 aromatic carbocycles. The molecule has 3 rings (SSSR count). The summed E-state index contributed by atoms with van der Waals surface area (Å²) < 4.78 is 12.8. The Hall–Kier alpha value is -1.46. The maximum absolute atomic E-state index is 12.8. The number of halogens is 1. The third-order valence-electron chi connectivity index (χ3n) is 4.72. The Bertz CT molecular complexity index is 505. The number of hydrogen-bond acceptors (Lipinski definition) is 3. The van der Waals surface area contributed by atoms with Crippen LogP contribution in [0.1, 0.15) is 19.3 Å². The molecule has 114 valence electrons. The number of anilines is 1. The minimum Gasteiger partial charge on any atom is -0.327 e. The van der Waals surface area contributed by atoms with E-state index in [2.05, 4.69) is 10.2 Å². The number of likely N-dealkylation sites (tertiary alicyclic amines) is 1. The van der Waals surface area contributed by atoms with Gasteiger partial charge in [0.2, 0.25) is 5.91 Å². The summed E-state index contributed by atoms with van der Waals surface area (Å²) in [5.41, 5.74) is 6.82. The van der Waals surface area contributed by atoms with Gasteiger partial charge in [-0.3, -0.25) is 9.69 Å². The maximum Gasteiger partial charge on any atom is 0.238 e. The summed E-state index contributed by atoms with van der Waals surface area (Å²) in [5, 5.41) is 2.81. The number of nitrogens with zero attached hydrogens (tertiary/aromatic N) is 1. The molecule has 1 aliphatic heterocycles. The third-order valence-corrected chi connectivity index (χ3v) is 4.72. The molecule has 1 heterocycles. The molecular weight excluding hydrogens is 269 g/mol. The Labute approximate surface area is 124 Å². The molecule has 0 aromatic heterocycles. The van der Waals surface area contributed by atoms with Gasteiger partial charge in [-0.05, 0) is 48.9 Å². The van der Waals surface area contributed by atoms with Crippen LogP contribution in [0.3, 0.4) is 0 Å². The Kier molecular flexibility index (Phi) is 4.22. The molecule has 0 spiro atoms. The van der Waals surface area contributed by atoms with Crippen molar-refractivity contribution in [2.45, 2.75) is 25.3 Å². The van der Waals surface area contributed by atoms with Gasteiger partial charge in [-0.25, -0.2) is 4.39 Å². The average Bonchev–Trinajstić information content (AvgIpc) is 2.85. The standard InChI is InChI=1S/C16H22FN3O/c17-12-4-6-13(7-5-12)19-16(21)10-20-8-11-2-1-3-15(18)14(11)9-20/h4-7,11,14-15H,1-3,8-10,18H2,(H,19,21). The molecule has 1 amide bonds. The number of fused-ring (bicyclic) bond motifs is 1. The topological polar surface area (TPSA) is 58.4 Å². The molecule has 0 bridgehead atoms.